The van der Waals surface area contributed by atoms with Crippen molar-refractivity contribution >= 4 is 11.8 Å². The number of nitrogens with one attached hydrogen (secondary N) is 1. The average Bonchev–Trinajstić information content (AvgIpc) is 2.48. The van der Waals surface area contributed by atoms with Gasteiger partial charge in [0, 0.05) is 26.1 Å². The zero-order chi connectivity index (χ0) is 15.1. The van der Waals surface area contributed by atoms with Gasteiger partial charge in [0.15, 0.2) is 0 Å². The largest absolute Gasteiger partial charge is 0.508 e. The number of carbonyl (C=O) groups excluding carboxylic acids is 2. The number of nitrogens with zero attached hydrogens (tertiary/aromatic N) is 1. The zero-order valence-electron chi connectivity index (χ0n) is 12.2. The third-order valence-electron chi connectivity index (χ3n) is 3.65. The van der Waals surface area contributed by atoms with E-state index >= 15 is 0 Å². The Bertz CT molecular complexity index is 496. The van der Waals surface area contributed by atoms with E-state index in [9.17, 15) is 14.7 Å². The van der Waals surface area contributed by atoms with E-state index in [4.69, 9.17) is 0 Å². The lowest BCUT2D eigenvalue weighted by atomic mass is 10.1. The maximum atomic E-state index is 11.9. The number of hydrogen-bond donors (Lipinski definition) is 2. The summed E-state index contributed by atoms with van der Waals surface area (Å²) in [4.78, 5) is 25.6. The highest BCUT2D eigenvalue weighted by Gasteiger charge is 2.16. The van der Waals surface area contributed by atoms with E-state index in [1.54, 1.807) is 24.3 Å². The number of phenols is 1. The van der Waals surface area contributed by atoms with Crippen molar-refractivity contribution in [3.8, 4) is 5.75 Å². The summed E-state index contributed by atoms with van der Waals surface area (Å²) in [6, 6.07) is 6.63. The van der Waals surface area contributed by atoms with Crippen LogP contribution in [0.1, 0.15) is 31.2 Å². The van der Waals surface area contributed by atoms with E-state index in [2.05, 4.69) is 5.32 Å². The number of rotatable bonds is 5. The maximum Gasteiger partial charge on any atom is 0.224 e. The second-order valence-corrected chi connectivity index (χ2v) is 5.39. The summed E-state index contributed by atoms with van der Waals surface area (Å²) in [5.41, 5.74) is 0.759. The summed E-state index contributed by atoms with van der Waals surface area (Å²) in [6.45, 7) is 2.05. The second-order valence-electron chi connectivity index (χ2n) is 5.39. The van der Waals surface area contributed by atoms with Gasteiger partial charge in [0.2, 0.25) is 11.8 Å². The van der Waals surface area contributed by atoms with E-state index in [0.717, 1.165) is 31.5 Å². The Balaban J connectivity index is 1.68. The minimum atomic E-state index is -0.132. The van der Waals surface area contributed by atoms with Gasteiger partial charge in [-0.25, -0.2) is 0 Å². The topological polar surface area (TPSA) is 69.6 Å². The molecular weight excluding hydrogens is 268 g/mol. The highest BCUT2D eigenvalue weighted by molar-refractivity contribution is 5.80. The molecule has 2 rings (SSSR count). The molecule has 0 unspecified atom stereocenters. The molecule has 0 atom stereocenters. The van der Waals surface area contributed by atoms with E-state index < -0.39 is 0 Å². The predicted molar refractivity (Wildman–Crippen MR) is 79.9 cm³/mol. The number of benzene rings is 1. The van der Waals surface area contributed by atoms with Crippen LogP contribution < -0.4 is 5.32 Å². The Hall–Kier alpha value is -2.04. The van der Waals surface area contributed by atoms with Crippen LogP contribution in [-0.2, 0) is 16.0 Å². The zero-order valence-corrected chi connectivity index (χ0v) is 12.2. The average molecular weight is 290 g/mol. The van der Waals surface area contributed by atoms with E-state index in [-0.39, 0.29) is 24.0 Å². The lowest BCUT2D eigenvalue weighted by molar-refractivity contribution is -0.132. The standard InChI is InChI=1S/C16H22N2O3/c19-14-6-4-5-13(11-14)12-15(20)17-8-7-16(21)18-9-2-1-3-10-18/h4-6,11,19H,1-3,7-10,12H2,(H,17,20). The van der Waals surface area contributed by atoms with Crippen LogP contribution in [0.2, 0.25) is 0 Å². The summed E-state index contributed by atoms with van der Waals surface area (Å²) < 4.78 is 0. The van der Waals surface area contributed by atoms with Gasteiger partial charge >= 0.3 is 0 Å². The maximum absolute atomic E-state index is 11.9. The fourth-order valence-corrected chi connectivity index (χ4v) is 2.52. The van der Waals surface area contributed by atoms with Crippen molar-refractivity contribution < 1.29 is 14.7 Å². The molecule has 1 saturated heterocycles. The first-order valence-corrected chi connectivity index (χ1v) is 7.47. The molecule has 0 radical (unpaired) electrons. The molecule has 1 aliphatic heterocycles. The van der Waals surface area contributed by atoms with Gasteiger partial charge in [-0.05, 0) is 37.0 Å². The number of likely N-dealkylation sites (tertiary alicyclic amines) is 1. The molecule has 5 heteroatoms. The molecule has 0 spiro atoms. The van der Waals surface area contributed by atoms with Crippen molar-refractivity contribution in [2.24, 2.45) is 0 Å². The monoisotopic (exact) mass is 290 g/mol. The van der Waals surface area contributed by atoms with Crippen LogP contribution in [0, 0.1) is 0 Å². The molecule has 1 aromatic carbocycles. The minimum absolute atomic E-state index is 0.118. The van der Waals surface area contributed by atoms with Crippen LogP contribution in [0.15, 0.2) is 24.3 Å². The van der Waals surface area contributed by atoms with Crippen molar-refractivity contribution in [3.05, 3.63) is 29.8 Å². The molecule has 0 aliphatic carbocycles. The van der Waals surface area contributed by atoms with Gasteiger partial charge in [0.05, 0.1) is 6.42 Å². The van der Waals surface area contributed by atoms with Crippen LogP contribution in [0.25, 0.3) is 0 Å². The highest BCUT2D eigenvalue weighted by atomic mass is 16.3. The fourth-order valence-electron chi connectivity index (χ4n) is 2.52. The van der Waals surface area contributed by atoms with Crippen molar-refractivity contribution in [2.75, 3.05) is 19.6 Å². The first-order chi connectivity index (χ1) is 10.1. The predicted octanol–water partition coefficient (Wildman–Crippen LogP) is 1.45. The lowest BCUT2D eigenvalue weighted by Gasteiger charge is -2.26. The number of aromatic hydroxyl groups is 1. The fraction of sp³-hybridized carbons (Fsp3) is 0.500. The van der Waals surface area contributed by atoms with Crippen molar-refractivity contribution in [2.45, 2.75) is 32.1 Å². The first-order valence-electron chi connectivity index (χ1n) is 7.47. The van der Waals surface area contributed by atoms with Crippen LogP contribution >= 0.6 is 0 Å². The van der Waals surface area contributed by atoms with Crippen LogP contribution in [0.4, 0.5) is 0 Å². The molecule has 1 aromatic rings. The summed E-state index contributed by atoms with van der Waals surface area (Å²) in [6.07, 6.45) is 3.92. The summed E-state index contributed by atoms with van der Waals surface area (Å²) in [5, 5.41) is 12.1. The van der Waals surface area contributed by atoms with Gasteiger partial charge in [-0.2, -0.15) is 0 Å². The number of amides is 2. The second kappa shape index (κ2) is 7.67. The quantitative estimate of drug-likeness (QED) is 0.862. The molecule has 114 valence electrons. The molecule has 2 N–H and O–H groups in total. The van der Waals surface area contributed by atoms with E-state index in [1.165, 1.54) is 6.42 Å². The Labute approximate surface area is 125 Å². The Morgan fingerprint density at radius 2 is 1.95 bits per heavy atom. The van der Waals surface area contributed by atoms with Gasteiger partial charge in [-0.15, -0.1) is 0 Å². The Kier molecular flexibility index (Phi) is 5.60. The number of carbonyl (C=O) groups is 2. The van der Waals surface area contributed by atoms with Crippen LogP contribution in [0.3, 0.4) is 0 Å². The summed E-state index contributed by atoms with van der Waals surface area (Å²) >= 11 is 0. The van der Waals surface area contributed by atoms with Gasteiger partial charge < -0.3 is 15.3 Å². The van der Waals surface area contributed by atoms with Crippen LogP contribution in [0.5, 0.6) is 5.75 Å². The summed E-state index contributed by atoms with van der Waals surface area (Å²) in [7, 11) is 0. The minimum Gasteiger partial charge on any atom is -0.508 e. The normalized spacial score (nSPS) is 14.8. The van der Waals surface area contributed by atoms with Crippen molar-refractivity contribution in [1.82, 2.24) is 10.2 Å². The van der Waals surface area contributed by atoms with Crippen LogP contribution in [-0.4, -0.2) is 41.5 Å². The first kappa shape index (κ1) is 15.4. The van der Waals surface area contributed by atoms with Gasteiger partial charge in [-0.1, -0.05) is 12.1 Å². The third kappa shape index (κ3) is 5.10. The lowest BCUT2D eigenvalue weighted by Crippen LogP contribution is -2.38. The van der Waals surface area contributed by atoms with Crippen molar-refractivity contribution in [1.29, 1.82) is 0 Å². The molecule has 1 aliphatic rings. The molecule has 0 saturated carbocycles. The van der Waals surface area contributed by atoms with E-state index in [0.29, 0.717) is 13.0 Å². The van der Waals surface area contributed by atoms with Gasteiger partial charge in [-0.3, -0.25) is 9.59 Å². The van der Waals surface area contributed by atoms with E-state index in [1.807, 2.05) is 4.90 Å². The molecule has 0 bridgehead atoms. The molecule has 0 aromatic heterocycles. The Morgan fingerprint density at radius 3 is 2.67 bits per heavy atom. The highest BCUT2D eigenvalue weighted by Crippen LogP contribution is 2.11. The number of piperidine rings is 1. The molecule has 5 nitrogen and oxygen atoms in total. The Morgan fingerprint density at radius 1 is 1.19 bits per heavy atom. The number of hydrogen-bond acceptors (Lipinski definition) is 3. The third-order valence-corrected chi connectivity index (χ3v) is 3.65. The van der Waals surface area contributed by atoms with Gasteiger partial charge in [0.25, 0.3) is 0 Å². The molecule has 2 amide bonds. The molecule has 1 fully saturated rings. The van der Waals surface area contributed by atoms with Crippen molar-refractivity contribution in [3.63, 3.8) is 0 Å². The smallest absolute Gasteiger partial charge is 0.224 e. The summed E-state index contributed by atoms with van der Waals surface area (Å²) in [5.74, 6) is 0.139. The molecular formula is C16H22N2O3. The molecule has 1 heterocycles. The number of phenolic OH excluding ortho intramolecular Hbond substituents is 1. The molecule has 21 heavy (non-hydrogen) atoms. The SMILES string of the molecule is O=C(Cc1cccc(O)c1)NCCC(=O)N1CCCCC1. The van der Waals surface area contributed by atoms with Gasteiger partial charge in [0.1, 0.15) is 5.75 Å².